The smallest absolute Gasteiger partial charge is 0.295 e. The molecule has 3 rings (SSSR count). The van der Waals surface area contributed by atoms with Crippen LogP contribution in [0.15, 0.2) is 42.0 Å². The first-order valence-corrected chi connectivity index (χ1v) is 11.5. The summed E-state index contributed by atoms with van der Waals surface area (Å²) < 4.78 is 16.4. The lowest BCUT2D eigenvalue weighted by Gasteiger charge is -2.25. The maximum absolute atomic E-state index is 13.2. The van der Waals surface area contributed by atoms with Gasteiger partial charge in [-0.2, -0.15) is 0 Å². The van der Waals surface area contributed by atoms with E-state index in [1.54, 1.807) is 13.2 Å². The van der Waals surface area contributed by atoms with Gasteiger partial charge in [0.2, 0.25) is 0 Å². The van der Waals surface area contributed by atoms with Gasteiger partial charge < -0.3 is 24.2 Å². The van der Waals surface area contributed by atoms with Gasteiger partial charge in [0.1, 0.15) is 17.3 Å². The highest BCUT2D eigenvalue weighted by Gasteiger charge is 2.46. The van der Waals surface area contributed by atoms with Crippen LogP contribution in [0, 0.1) is 13.8 Å². The summed E-state index contributed by atoms with van der Waals surface area (Å²) in [6.45, 7) is 7.17. The van der Waals surface area contributed by atoms with Crippen molar-refractivity contribution in [3.8, 4) is 11.5 Å². The SMILES string of the molecule is CCCOc1ccc(C2/C(=C(\O)c3cc(C)cc(C)c3OC)C(=O)C(=O)N2CCCOC)cc1. The van der Waals surface area contributed by atoms with Crippen LogP contribution in [-0.4, -0.2) is 55.7 Å². The van der Waals surface area contributed by atoms with E-state index in [0.717, 1.165) is 17.5 Å². The number of rotatable bonds is 10. The maximum Gasteiger partial charge on any atom is 0.295 e. The molecular weight excluding hydrogens is 434 g/mol. The van der Waals surface area contributed by atoms with Gasteiger partial charge in [-0.05, 0) is 61.6 Å². The van der Waals surface area contributed by atoms with Crippen molar-refractivity contribution in [1.29, 1.82) is 0 Å². The molecule has 1 amide bonds. The number of ketones is 1. The van der Waals surface area contributed by atoms with Gasteiger partial charge in [0.25, 0.3) is 11.7 Å². The molecule has 182 valence electrons. The molecule has 0 saturated carbocycles. The largest absolute Gasteiger partial charge is 0.507 e. The second kappa shape index (κ2) is 11.2. The molecule has 0 bridgehead atoms. The van der Waals surface area contributed by atoms with E-state index in [0.29, 0.717) is 48.8 Å². The molecule has 7 nitrogen and oxygen atoms in total. The second-order valence-electron chi connectivity index (χ2n) is 8.42. The van der Waals surface area contributed by atoms with Crippen LogP contribution < -0.4 is 9.47 Å². The highest BCUT2D eigenvalue weighted by Crippen LogP contribution is 2.42. The fourth-order valence-electron chi connectivity index (χ4n) is 4.35. The molecule has 0 spiro atoms. The number of benzene rings is 2. The summed E-state index contributed by atoms with van der Waals surface area (Å²) in [4.78, 5) is 27.8. The normalized spacial score (nSPS) is 17.3. The van der Waals surface area contributed by atoms with Crippen molar-refractivity contribution < 1.29 is 28.9 Å². The number of amides is 1. The number of likely N-dealkylation sites (tertiary alicyclic amines) is 1. The van der Waals surface area contributed by atoms with Crippen LogP contribution in [-0.2, 0) is 14.3 Å². The van der Waals surface area contributed by atoms with E-state index >= 15 is 0 Å². The third-order valence-electron chi connectivity index (χ3n) is 5.83. The summed E-state index contributed by atoms with van der Waals surface area (Å²) in [7, 11) is 3.11. The number of carbonyl (C=O) groups is 2. The fraction of sp³-hybridized carbons (Fsp3) is 0.407. The van der Waals surface area contributed by atoms with Crippen molar-refractivity contribution in [2.75, 3.05) is 34.0 Å². The van der Waals surface area contributed by atoms with Crippen LogP contribution in [0.1, 0.15) is 48.1 Å². The first-order valence-electron chi connectivity index (χ1n) is 11.5. The maximum atomic E-state index is 13.2. The third kappa shape index (κ3) is 5.09. The molecule has 1 fully saturated rings. The summed E-state index contributed by atoms with van der Waals surface area (Å²) in [6.07, 6.45) is 1.45. The minimum Gasteiger partial charge on any atom is -0.507 e. The molecular formula is C27H33NO6. The number of aliphatic hydroxyl groups excluding tert-OH is 1. The third-order valence-corrected chi connectivity index (χ3v) is 5.83. The lowest BCUT2D eigenvalue weighted by atomic mass is 9.93. The number of carbonyl (C=O) groups excluding carboxylic acids is 2. The van der Waals surface area contributed by atoms with Crippen molar-refractivity contribution in [2.24, 2.45) is 0 Å². The average molecular weight is 468 g/mol. The number of Topliss-reactive ketones (excluding diaryl/α,β-unsaturated/α-hetero) is 1. The molecule has 1 aliphatic rings. The fourth-order valence-corrected chi connectivity index (χ4v) is 4.35. The minimum atomic E-state index is -0.734. The molecule has 34 heavy (non-hydrogen) atoms. The minimum absolute atomic E-state index is 0.0490. The number of ether oxygens (including phenoxy) is 3. The van der Waals surface area contributed by atoms with E-state index in [1.165, 1.54) is 12.0 Å². The Morgan fingerprint density at radius 2 is 1.76 bits per heavy atom. The number of aliphatic hydroxyl groups is 1. The van der Waals surface area contributed by atoms with Crippen LogP contribution >= 0.6 is 0 Å². The van der Waals surface area contributed by atoms with Crippen LogP contribution in [0.5, 0.6) is 11.5 Å². The Balaban J connectivity index is 2.15. The van der Waals surface area contributed by atoms with Crippen molar-refractivity contribution in [3.63, 3.8) is 0 Å². The number of hydrogen-bond donors (Lipinski definition) is 1. The zero-order chi connectivity index (χ0) is 24.8. The van der Waals surface area contributed by atoms with Crippen molar-refractivity contribution in [2.45, 2.75) is 39.7 Å². The van der Waals surface area contributed by atoms with E-state index in [9.17, 15) is 14.7 Å². The summed E-state index contributed by atoms with van der Waals surface area (Å²) in [5.41, 5.74) is 2.89. The molecule has 1 heterocycles. The summed E-state index contributed by atoms with van der Waals surface area (Å²) in [5.74, 6) is -0.425. The zero-order valence-corrected chi connectivity index (χ0v) is 20.5. The van der Waals surface area contributed by atoms with E-state index < -0.39 is 17.7 Å². The summed E-state index contributed by atoms with van der Waals surface area (Å²) >= 11 is 0. The summed E-state index contributed by atoms with van der Waals surface area (Å²) in [6, 6.07) is 10.3. The van der Waals surface area contributed by atoms with Crippen LogP contribution in [0.4, 0.5) is 0 Å². The first kappa shape index (κ1) is 25.3. The van der Waals surface area contributed by atoms with Gasteiger partial charge in [-0.3, -0.25) is 9.59 Å². The number of hydrogen-bond acceptors (Lipinski definition) is 6. The van der Waals surface area contributed by atoms with Gasteiger partial charge in [0.05, 0.1) is 30.9 Å². The summed E-state index contributed by atoms with van der Waals surface area (Å²) in [5, 5.41) is 11.4. The molecule has 2 aromatic carbocycles. The monoisotopic (exact) mass is 467 g/mol. The Morgan fingerprint density at radius 3 is 2.38 bits per heavy atom. The van der Waals surface area contributed by atoms with Gasteiger partial charge in [-0.1, -0.05) is 25.1 Å². The van der Waals surface area contributed by atoms with Crippen molar-refractivity contribution >= 4 is 17.4 Å². The highest BCUT2D eigenvalue weighted by atomic mass is 16.5. The van der Waals surface area contributed by atoms with Gasteiger partial charge in [0.15, 0.2) is 0 Å². The standard InChI is InChI=1S/C27H33NO6/c1-6-13-34-20-10-8-19(9-11-20)23-22(25(30)27(31)28(23)12-7-14-32-4)24(29)21-16-17(2)15-18(3)26(21)33-5/h8-11,15-16,23,29H,6-7,12-14H2,1-5H3/b24-22+. The molecule has 1 aliphatic heterocycles. The molecule has 1 unspecified atom stereocenters. The zero-order valence-electron chi connectivity index (χ0n) is 20.5. The molecule has 0 aromatic heterocycles. The van der Waals surface area contributed by atoms with E-state index in [-0.39, 0.29) is 11.3 Å². The quantitative estimate of drug-likeness (QED) is 0.239. The second-order valence-corrected chi connectivity index (χ2v) is 8.42. The Kier molecular flexibility index (Phi) is 8.34. The Labute approximate surface area is 200 Å². The Hall–Kier alpha value is -3.32. The molecule has 1 saturated heterocycles. The molecule has 0 radical (unpaired) electrons. The molecule has 1 N–H and O–H groups in total. The van der Waals surface area contributed by atoms with Gasteiger partial charge in [-0.25, -0.2) is 0 Å². The van der Waals surface area contributed by atoms with E-state index in [4.69, 9.17) is 14.2 Å². The molecule has 0 aliphatic carbocycles. The van der Waals surface area contributed by atoms with Gasteiger partial charge in [0, 0.05) is 20.3 Å². The number of nitrogens with zero attached hydrogens (tertiary/aromatic N) is 1. The topological polar surface area (TPSA) is 85.3 Å². The molecule has 2 aromatic rings. The van der Waals surface area contributed by atoms with Crippen LogP contribution in [0.25, 0.3) is 5.76 Å². The Morgan fingerprint density at radius 1 is 1.06 bits per heavy atom. The van der Waals surface area contributed by atoms with E-state index in [1.807, 2.05) is 51.1 Å². The van der Waals surface area contributed by atoms with Crippen molar-refractivity contribution in [1.82, 2.24) is 4.90 Å². The van der Waals surface area contributed by atoms with Gasteiger partial charge >= 0.3 is 0 Å². The predicted octanol–water partition coefficient (Wildman–Crippen LogP) is 4.56. The van der Waals surface area contributed by atoms with Crippen molar-refractivity contribution in [3.05, 3.63) is 64.2 Å². The predicted molar refractivity (Wildman–Crippen MR) is 130 cm³/mol. The molecule has 1 atom stereocenters. The Bertz CT molecular complexity index is 1070. The lowest BCUT2D eigenvalue weighted by molar-refractivity contribution is -0.140. The lowest BCUT2D eigenvalue weighted by Crippen LogP contribution is -2.31. The van der Waals surface area contributed by atoms with Gasteiger partial charge in [-0.15, -0.1) is 0 Å². The average Bonchev–Trinajstić information content (AvgIpc) is 3.07. The highest BCUT2D eigenvalue weighted by molar-refractivity contribution is 6.46. The van der Waals surface area contributed by atoms with E-state index in [2.05, 4.69) is 0 Å². The van der Waals surface area contributed by atoms with Crippen LogP contribution in [0.2, 0.25) is 0 Å². The van der Waals surface area contributed by atoms with Crippen LogP contribution in [0.3, 0.4) is 0 Å². The molecule has 7 heteroatoms. The first-order chi connectivity index (χ1) is 16.3. The number of methoxy groups -OCH3 is 2. The number of aryl methyl sites for hydroxylation is 2.